The van der Waals surface area contributed by atoms with Gasteiger partial charge in [-0.15, -0.1) is 0 Å². The number of thiocarbonyl (C=S) groups is 1. The van der Waals surface area contributed by atoms with E-state index in [9.17, 15) is 0 Å². The SMILES string of the molecule is CC(C)CNC(=S)NCc1ccn(C)n1. The highest BCUT2D eigenvalue weighted by Crippen LogP contribution is 1.93. The Morgan fingerprint density at radius 3 is 2.80 bits per heavy atom. The molecule has 0 unspecified atom stereocenters. The molecular weight excluding hydrogens is 208 g/mol. The number of aromatic nitrogens is 2. The summed E-state index contributed by atoms with van der Waals surface area (Å²) in [5.74, 6) is 0.597. The maximum Gasteiger partial charge on any atom is 0.166 e. The van der Waals surface area contributed by atoms with Crippen LogP contribution in [-0.4, -0.2) is 21.4 Å². The van der Waals surface area contributed by atoms with Gasteiger partial charge in [0, 0.05) is 19.8 Å². The lowest BCUT2D eigenvalue weighted by Gasteiger charge is -2.10. The van der Waals surface area contributed by atoms with E-state index in [1.165, 1.54) is 0 Å². The van der Waals surface area contributed by atoms with E-state index in [1.54, 1.807) is 4.68 Å². The third kappa shape index (κ3) is 4.78. The van der Waals surface area contributed by atoms with Gasteiger partial charge in [0.25, 0.3) is 0 Å². The van der Waals surface area contributed by atoms with Crippen molar-refractivity contribution in [1.29, 1.82) is 0 Å². The molecule has 0 saturated heterocycles. The van der Waals surface area contributed by atoms with Crippen LogP contribution in [-0.2, 0) is 13.6 Å². The normalized spacial score (nSPS) is 10.4. The second kappa shape index (κ2) is 5.70. The zero-order chi connectivity index (χ0) is 11.3. The standard InChI is InChI=1S/C10H18N4S/c1-8(2)6-11-10(15)12-7-9-4-5-14(3)13-9/h4-5,8H,6-7H2,1-3H3,(H2,11,12,15). The zero-order valence-corrected chi connectivity index (χ0v) is 10.3. The predicted molar refractivity (Wildman–Crippen MR) is 65.5 cm³/mol. The Bertz CT molecular complexity index is 319. The minimum atomic E-state index is 0.597. The van der Waals surface area contributed by atoms with Gasteiger partial charge in [0.15, 0.2) is 5.11 Å². The Morgan fingerprint density at radius 2 is 2.27 bits per heavy atom. The second-order valence-electron chi connectivity index (χ2n) is 3.94. The molecule has 0 aromatic carbocycles. The fourth-order valence-corrected chi connectivity index (χ4v) is 1.24. The first kappa shape index (κ1) is 12.0. The Hall–Kier alpha value is -1.10. The van der Waals surface area contributed by atoms with Crippen LogP contribution in [0.4, 0.5) is 0 Å². The summed E-state index contributed by atoms with van der Waals surface area (Å²) >= 11 is 5.12. The van der Waals surface area contributed by atoms with Crippen LogP contribution in [0, 0.1) is 5.92 Å². The first-order valence-corrected chi connectivity index (χ1v) is 5.49. The Labute approximate surface area is 96.1 Å². The molecule has 1 aromatic heterocycles. The largest absolute Gasteiger partial charge is 0.362 e. The first-order chi connectivity index (χ1) is 7.08. The molecule has 0 aliphatic rings. The van der Waals surface area contributed by atoms with Crippen molar-refractivity contribution in [2.75, 3.05) is 6.54 Å². The van der Waals surface area contributed by atoms with Gasteiger partial charge < -0.3 is 10.6 Å². The van der Waals surface area contributed by atoms with Crippen LogP contribution in [0.15, 0.2) is 12.3 Å². The molecule has 0 spiro atoms. The van der Waals surface area contributed by atoms with E-state index < -0.39 is 0 Å². The van der Waals surface area contributed by atoms with Crippen LogP contribution in [0.2, 0.25) is 0 Å². The Morgan fingerprint density at radius 1 is 1.53 bits per heavy atom. The fourth-order valence-electron chi connectivity index (χ4n) is 1.09. The number of nitrogens with one attached hydrogen (secondary N) is 2. The average Bonchev–Trinajstić information content (AvgIpc) is 2.58. The fraction of sp³-hybridized carbons (Fsp3) is 0.600. The summed E-state index contributed by atoms with van der Waals surface area (Å²) in [6, 6.07) is 1.97. The summed E-state index contributed by atoms with van der Waals surface area (Å²) in [6.07, 6.45) is 1.92. The molecule has 1 heterocycles. The lowest BCUT2D eigenvalue weighted by Crippen LogP contribution is -2.36. The van der Waals surface area contributed by atoms with Crippen LogP contribution in [0.3, 0.4) is 0 Å². The van der Waals surface area contributed by atoms with Gasteiger partial charge in [0.2, 0.25) is 0 Å². The van der Waals surface area contributed by atoms with Gasteiger partial charge in [0.05, 0.1) is 12.2 Å². The molecule has 0 fully saturated rings. The van der Waals surface area contributed by atoms with Gasteiger partial charge >= 0.3 is 0 Å². The summed E-state index contributed by atoms with van der Waals surface area (Å²) in [5, 5.41) is 11.2. The van der Waals surface area contributed by atoms with Crippen molar-refractivity contribution in [2.45, 2.75) is 20.4 Å². The summed E-state index contributed by atoms with van der Waals surface area (Å²) in [5.41, 5.74) is 0.992. The highest BCUT2D eigenvalue weighted by Gasteiger charge is 1.99. The van der Waals surface area contributed by atoms with E-state index >= 15 is 0 Å². The van der Waals surface area contributed by atoms with Crippen molar-refractivity contribution in [3.63, 3.8) is 0 Å². The lowest BCUT2D eigenvalue weighted by molar-refractivity contribution is 0.618. The molecule has 5 heteroatoms. The quantitative estimate of drug-likeness (QED) is 0.753. The van der Waals surface area contributed by atoms with Crippen molar-refractivity contribution in [3.05, 3.63) is 18.0 Å². The van der Waals surface area contributed by atoms with E-state index in [-0.39, 0.29) is 0 Å². The second-order valence-corrected chi connectivity index (χ2v) is 4.35. The molecule has 4 nitrogen and oxygen atoms in total. The molecule has 2 N–H and O–H groups in total. The zero-order valence-electron chi connectivity index (χ0n) is 9.45. The number of hydrogen-bond donors (Lipinski definition) is 2. The van der Waals surface area contributed by atoms with E-state index in [0.717, 1.165) is 12.2 Å². The first-order valence-electron chi connectivity index (χ1n) is 5.08. The van der Waals surface area contributed by atoms with E-state index in [1.807, 2.05) is 19.3 Å². The van der Waals surface area contributed by atoms with Gasteiger partial charge in [-0.2, -0.15) is 5.10 Å². The van der Waals surface area contributed by atoms with E-state index in [4.69, 9.17) is 12.2 Å². The molecular formula is C10H18N4S. The van der Waals surface area contributed by atoms with Gasteiger partial charge in [-0.25, -0.2) is 0 Å². The van der Waals surface area contributed by atoms with Crippen molar-refractivity contribution in [1.82, 2.24) is 20.4 Å². The van der Waals surface area contributed by atoms with E-state index in [2.05, 4.69) is 29.6 Å². The number of aryl methyl sites for hydroxylation is 1. The molecule has 0 saturated carbocycles. The molecule has 0 aliphatic carbocycles. The van der Waals surface area contributed by atoms with Gasteiger partial charge in [-0.05, 0) is 24.2 Å². The number of hydrogen-bond acceptors (Lipinski definition) is 2. The minimum Gasteiger partial charge on any atom is -0.362 e. The van der Waals surface area contributed by atoms with E-state index in [0.29, 0.717) is 17.6 Å². The Kier molecular flexibility index (Phi) is 4.55. The predicted octanol–water partition coefficient (Wildman–Crippen LogP) is 1.04. The van der Waals surface area contributed by atoms with Crippen molar-refractivity contribution < 1.29 is 0 Å². The Balaban J connectivity index is 2.22. The average molecular weight is 226 g/mol. The van der Waals surface area contributed by atoms with Gasteiger partial charge in [-0.3, -0.25) is 4.68 Å². The minimum absolute atomic E-state index is 0.597. The molecule has 84 valence electrons. The maximum absolute atomic E-state index is 5.12. The molecule has 0 bridgehead atoms. The van der Waals surface area contributed by atoms with Crippen LogP contribution >= 0.6 is 12.2 Å². The van der Waals surface area contributed by atoms with Crippen LogP contribution in [0.5, 0.6) is 0 Å². The molecule has 1 aromatic rings. The van der Waals surface area contributed by atoms with Gasteiger partial charge in [0.1, 0.15) is 0 Å². The third-order valence-corrected chi connectivity index (χ3v) is 2.16. The highest BCUT2D eigenvalue weighted by atomic mass is 32.1. The summed E-state index contributed by atoms with van der Waals surface area (Å²) < 4.78 is 1.78. The van der Waals surface area contributed by atoms with Crippen molar-refractivity contribution >= 4 is 17.3 Å². The van der Waals surface area contributed by atoms with Gasteiger partial charge in [-0.1, -0.05) is 13.8 Å². The number of rotatable bonds is 4. The van der Waals surface area contributed by atoms with Crippen LogP contribution in [0.1, 0.15) is 19.5 Å². The molecule has 1 rings (SSSR count). The molecule has 0 amide bonds. The molecule has 0 atom stereocenters. The maximum atomic E-state index is 5.12. The van der Waals surface area contributed by atoms with Crippen molar-refractivity contribution in [2.24, 2.45) is 13.0 Å². The summed E-state index contributed by atoms with van der Waals surface area (Å²) in [7, 11) is 1.90. The van der Waals surface area contributed by atoms with Crippen LogP contribution < -0.4 is 10.6 Å². The van der Waals surface area contributed by atoms with Crippen molar-refractivity contribution in [3.8, 4) is 0 Å². The molecule has 0 radical (unpaired) electrons. The molecule has 15 heavy (non-hydrogen) atoms. The third-order valence-electron chi connectivity index (χ3n) is 1.87. The molecule has 0 aliphatic heterocycles. The lowest BCUT2D eigenvalue weighted by atomic mass is 10.2. The summed E-state index contributed by atoms with van der Waals surface area (Å²) in [6.45, 7) is 5.86. The topological polar surface area (TPSA) is 41.9 Å². The smallest absolute Gasteiger partial charge is 0.166 e. The number of nitrogens with zero attached hydrogens (tertiary/aromatic N) is 2. The summed E-state index contributed by atoms with van der Waals surface area (Å²) in [4.78, 5) is 0. The highest BCUT2D eigenvalue weighted by molar-refractivity contribution is 7.80. The van der Waals surface area contributed by atoms with Crippen LogP contribution in [0.25, 0.3) is 0 Å². The monoisotopic (exact) mass is 226 g/mol.